The van der Waals surface area contributed by atoms with E-state index in [1.54, 1.807) is 6.20 Å². The second-order valence-corrected chi connectivity index (χ2v) is 13.2. The fraction of sp³-hybridized carbons (Fsp3) is 0.0909. The van der Waals surface area contributed by atoms with Crippen LogP contribution in [0.25, 0.3) is 38.8 Å². The number of nitrogens with zero attached hydrogens (tertiary/aromatic N) is 4. The van der Waals surface area contributed by atoms with Crippen molar-refractivity contribution in [3.05, 3.63) is 180 Å². The quantitative estimate of drug-likeness (QED) is 0.188. The van der Waals surface area contributed by atoms with Crippen molar-refractivity contribution in [3.63, 3.8) is 0 Å². The Kier molecular flexibility index (Phi) is 6.70. The third-order valence-electron chi connectivity index (χ3n) is 9.96. The highest BCUT2D eigenvalue weighted by Crippen LogP contribution is 2.55. The molecule has 0 radical (unpaired) electrons. The molecule has 0 N–H and O–H groups in total. The van der Waals surface area contributed by atoms with Crippen molar-refractivity contribution in [2.24, 2.45) is 0 Å². The summed E-state index contributed by atoms with van der Waals surface area (Å²) in [6.07, 6.45) is 2.28. The van der Waals surface area contributed by atoms with Gasteiger partial charge in [0.15, 0.2) is 6.17 Å². The molecule has 9 rings (SSSR count). The molecular formula is C44H33FN4. The average Bonchev–Trinajstić information content (AvgIpc) is 3.50. The summed E-state index contributed by atoms with van der Waals surface area (Å²) in [5.74, 6) is 0.855. The van der Waals surface area contributed by atoms with Crippen LogP contribution in [-0.2, 0) is 5.41 Å². The standard InChI is InChI=1S/C44H33FN4/c1-44(2)35-23-24-39-40(34-19-6-7-22-38(34)48(39)32-16-4-3-5-17-32)42(35)49(43-36(44)20-12-26-47-43)33-18-11-15-31(28-33)41(45)30-14-10-13-29(27-30)37-21-8-9-25-46-37/h3-28,41H,1-2H3. The van der Waals surface area contributed by atoms with Crippen LogP contribution in [0, 0.1) is 0 Å². The molecule has 4 heterocycles. The third-order valence-corrected chi connectivity index (χ3v) is 9.96. The van der Waals surface area contributed by atoms with E-state index in [0.717, 1.165) is 61.5 Å². The van der Waals surface area contributed by atoms with Crippen LogP contribution in [0.2, 0.25) is 0 Å². The van der Waals surface area contributed by atoms with Gasteiger partial charge in [0, 0.05) is 51.1 Å². The summed E-state index contributed by atoms with van der Waals surface area (Å²) in [7, 11) is 0. The Labute approximate surface area is 284 Å². The molecule has 1 aliphatic rings. The lowest BCUT2D eigenvalue weighted by molar-refractivity contribution is 0.402. The molecule has 3 aromatic heterocycles. The lowest BCUT2D eigenvalue weighted by Gasteiger charge is -2.41. The SMILES string of the molecule is CC1(C)c2cccnc2N(c2cccc(C(F)c3cccc(-c4ccccn4)c3)c2)c2c1ccc1c2c2ccccc2n1-c1ccccc1. The van der Waals surface area contributed by atoms with Crippen molar-refractivity contribution in [1.82, 2.24) is 14.5 Å². The average molecular weight is 637 g/mol. The van der Waals surface area contributed by atoms with Gasteiger partial charge in [-0.25, -0.2) is 9.37 Å². The number of pyridine rings is 2. The lowest BCUT2D eigenvalue weighted by atomic mass is 9.74. The van der Waals surface area contributed by atoms with Crippen molar-refractivity contribution >= 4 is 39.0 Å². The summed E-state index contributed by atoms with van der Waals surface area (Å²) >= 11 is 0. The zero-order valence-corrected chi connectivity index (χ0v) is 27.3. The predicted molar refractivity (Wildman–Crippen MR) is 198 cm³/mol. The Morgan fingerprint density at radius 2 is 1.33 bits per heavy atom. The Bertz CT molecular complexity index is 2500. The van der Waals surface area contributed by atoms with Gasteiger partial charge in [0.05, 0.1) is 22.4 Å². The number of hydrogen-bond donors (Lipinski definition) is 0. The zero-order chi connectivity index (χ0) is 33.1. The summed E-state index contributed by atoms with van der Waals surface area (Å²) in [5.41, 5.74) is 10.1. The van der Waals surface area contributed by atoms with Crippen LogP contribution >= 0.6 is 0 Å². The fourth-order valence-corrected chi connectivity index (χ4v) is 7.60. The molecule has 0 spiro atoms. The summed E-state index contributed by atoms with van der Waals surface area (Å²) < 4.78 is 19.0. The lowest BCUT2D eigenvalue weighted by Crippen LogP contribution is -2.31. The molecule has 0 bridgehead atoms. The van der Waals surface area contributed by atoms with Gasteiger partial charge in [0.2, 0.25) is 0 Å². The fourth-order valence-electron chi connectivity index (χ4n) is 7.60. The van der Waals surface area contributed by atoms with Crippen LogP contribution in [0.3, 0.4) is 0 Å². The molecule has 0 fully saturated rings. The second-order valence-electron chi connectivity index (χ2n) is 13.2. The van der Waals surface area contributed by atoms with Gasteiger partial charge < -0.3 is 4.57 Å². The summed E-state index contributed by atoms with van der Waals surface area (Å²) in [5, 5.41) is 2.30. The van der Waals surface area contributed by atoms with Crippen LogP contribution in [0.4, 0.5) is 21.6 Å². The monoisotopic (exact) mass is 636 g/mol. The first-order valence-electron chi connectivity index (χ1n) is 16.6. The van der Waals surface area contributed by atoms with Crippen LogP contribution in [0.15, 0.2) is 158 Å². The Hall–Kier alpha value is -6.07. The molecule has 49 heavy (non-hydrogen) atoms. The third kappa shape index (κ3) is 4.57. The van der Waals surface area contributed by atoms with Gasteiger partial charge in [-0.2, -0.15) is 0 Å². The minimum atomic E-state index is -1.33. The van der Waals surface area contributed by atoms with Crippen molar-refractivity contribution in [2.45, 2.75) is 25.4 Å². The maximum atomic E-state index is 16.6. The second kappa shape index (κ2) is 11.3. The molecule has 1 aliphatic heterocycles. The van der Waals surface area contributed by atoms with E-state index in [1.807, 2.05) is 79.0 Å². The summed E-state index contributed by atoms with van der Waals surface area (Å²) in [6, 6.07) is 49.1. The van der Waals surface area contributed by atoms with E-state index in [-0.39, 0.29) is 5.41 Å². The van der Waals surface area contributed by atoms with E-state index in [2.05, 4.69) is 101 Å². The number of alkyl halides is 1. The number of halogens is 1. The topological polar surface area (TPSA) is 34.0 Å². The number of benzene rings is 5. The highest BCUT2D eigenvalue weighted by molar-refractivity contribution is 6.18. The Morgan fingerprint density at radius 3 is 2.16 bits per heavy atom. The first-order chi connectivity index (χ1) is 24.0. The molecule has 4 nitrogen and oxygen atoms in total. The minimum Gasteiger partial charge on any atom is -0.309 e. The maximum Gasteiger partial charge on any atom is 0.150 e. The molecule has 1 unspecified atom stereocenters. The van der Waals surface area contributed by atoms with Gasteiger partial charge in [0.25, 0.3) is 0 Å². The van der Waals surface area contributed by atoms with E-state index in [4.69, 9.17) is 4.98 Å². The maximum absolute atomic E-state index is 16.6. The van der Waals surface area contributed by atoms with Gasteiger partial charge in [-0.05, 0) is 77.4 Å². The van der Waals surface area contributed by atoms with Crippen molar-refractivity contribution in [2.75, 3.05) is 4.90 Å². The first-order valence-corrected chi connectivity index (χ1v) is 16.6. The molecule has 5 heteroatoms. The van der Waals surface area contributed by atoms with Gasteiger partial charge in [-0.1, -0.05) is 98.8 Å². The highest BCUT2D eigenvalue weighted by atomic mass is 19.1. The molecule has 0 aliphatic carbocycles. The largest absolute Gasteiger partial charge is 0.309 e. The van der Waals surface area contributed by atoms with E-state index < -0.39 is 6.17 Å². The summed E-state index contributed by atoms with van der Waals surface area (Å²) in [4.78, 5) is 11.8. The van der Waals surface area contributed by atoms with Gasteiger partial charge >= 0.3 is 0 Å². The molecule has 236 valence electrons. The normalized spacial score (nSPS) is 14.1. The van der Waals surface area contributed by atoms with E-state index in [9.17, 15) is 0 Å². The van der Waals surface area contributed by atoms with Gasteiger partial charge in [-0.15, -0.1) is 0 Å². The number of rotatable bonds is 5. The van der Waals surface area contributed by atoms with Crippen molar-refractivity contribution in [1.29, 1.82) is 0 Å². The molecule has 0 amide bonds. The molecular weight excluding hydrogens is 604 g/mol. The van der Waals surface area contributed by atoms with Crippen LogP contribution in [-0.4, -0.2) is 14.5 Å². The molecule has 5 aromatic carbocycles. The van der Waals surface area contributed by atoms with Crippen molar-refractivity contribution in [3.8, 4) is 16.9 Å². The highest BCUT2D eigenvalue weighted by Gasteiger charge is 2.40. The van der Waals surface area contributed by atoms with Crippen LogP contribution < -0.4 is 4.90 Å². The zero-order valence-electron chi connectivity index (χ0n) is 27.3. The first kappa shape index (κ1) is 29.1. The van der Waals surface area contributed by atoms with Crippen LogP contribution in [0.1, 0.15) is 42.3 Å². The number of aromatic nitrogens is 3. The van der Waals surface area contributed by atoms with E-state index >= 15 is 4.39 Å². The minimum absolute atomic E-state index is 0.328. The Balaban J connectivity index is 1.27. The smallest absolute Gasteiger partial charge is 0.150 e. The number of anilines is 3. The van der Waals surface area contributed by atoms with E-state index in [1.165, 1.54) is 5.56 Å². The van der Waals surface area contributed by atoms with Crippen LogP contribution in [0.5, 0.6) is 0 Å². The van der Waals surface area contributed by atoms with Gasteiger partial charge in [-0.3, -0.25) is 9.88 Å². The Morgan fingerprint density at radius 1 is 0.592 bits per heavy atom. The predicted octanol–water partition coefficient (Wildman–Crippen LogP) is 11.4. The molecule has 8 aromatic rings. The summed E-state index contributed by atoms with van der Waals surface area (Å²) in [6.45, 7) is 4.54. The van der Waals surface area contributed by atoms with Gasteiger partial charge in [0.1, 0.15) is 5.82 Å². The number of para-hydroxylation sites is 2. The van der Waals surface area contributed by atoms with Crippen molar-refractivity contribution < 1.29 is 4.39 Å². The number of fused-ring (bicyclic) bond motifs is 6. The molecule has 0 saturated heterocycles. The number of hydrogen-bond acceptors (Lipinski definition) is 3. The molecule has 0 saturated carbocycles. The van der Waals surface area contributed by atoms with E-state index in [0.29, 0.717) is 11.1 Å². The molecule has 1 atom stereocenters.